The van der Waals surface area contributed by atoms with Gasteiger partial charge in [-0.1, -0.05) is 5.16 Å². The van der Waals surface area contributed by atoms with E-state index in [1.807, 2.05) is 6.92 Å². The van der Waals surface area contributed by atoms with Crippen LogP contribution < -0.4 is 15.4 Å². The minimum absolute atomic E-state index is 0.0348. The summed E-state index contributed by atoms with van der Waals surface area (Å²) in [5, 5.41) is 8.78. The molecule has 28 heavy (non-hydrogen) atoms. The molecule has 150 valence electrons. The predicted molar refractivity (Wildman–Crippen MR) is 101 cm³/mol. The van der Waals surface area contributed by atoms with Crippen molar-refractivity contribution in [2.45, 2.75) is 33.1 Å². The molecule has 0 spiro atoms. The Morgan fingerprint density at radius 3 is 2.46 bits per heavy atom. The summed E-state index contributed by atoms with van der Waals surface area (Å²) in [6.07, 6.45) is 0.506. The van der Waals surface area contributed by atoms with Crippen LogP contribution in [0.5, 0.6) is 5.75 Å². The maximum Gasteiger partial charge on any atom is 0.306 e. The molecule has 1 aromatic carbocycles. The second-order valence-corrected chi connectivity index (χ2v) is 5.89. The van der Waals surface area contributed by atoms with Crippen LogP contribution in [-0.4, -0.2) is 36.2 Å². The van der Waals surface area contributed by atoms with E-state index in [1.165, 1.54) is 0 Å². The van der Waals surface area contributed by atoms with Gasteiger partial charge in [0.15, 0.2) is 12.4 Å². The summed E-state index contributed by atoms with van der Waals surface area (Å²) in [6.45, 7) is 3.73. The van der Waals surface area contributed by atoms with E-state index in [-0.39, 0.29) is 24.6 Å². The highest BCUT2D eigenvalue weighted by molar-refractivity contribution is 5.92. The number of nitrogens with one attached hydrogen (secondary N) is 2. The van der Waals surface area contributed by atoms with Crippen LogP contribution in [0, 0.1) is 6.92 Å². The fraction of sp³-hybridized carbons (Fsp3) is 0.368. The van der Waals surface area contributed by atoms with E-state index in [0.29, 0.717) is 24.5 Å². The van der Waals surface area contributed by atoms with E-state index >= 15 is 0 Å². The van der Waals surface area contributed by atoms with Crippen LogP contribution in [0.15, 0.2) is 34.9 Å². The zero-order valence-corrected chi connectivity index (χ0v) is 15.8. The molecule has 2 N–H and O–H groups in total. The van der Waals surface area contributed by atoms with Gasteiger partial charge in [0.1, 0.15) is 11.5 Å². The monoisotopic (exact) mass is 389 g/mol. The number of hydrogen-bond donors (Lipinski definition) is 2. The molecule has 0 aliphatic heterocycles. The van der Waals surface area contributed by atoms with Gasteiger partial charge in [-0.25, -0.2) is 0 Å². The molecular formula is C19H23N3O6. The molecule has 0 aliphatic carbocycles. The largest absolute Gasteiger partial charge is 0.494 e. The molecule has 0 atom stereocenters. The molecule has 9 heteroatoms. The lowest BCUT2D eigenvalue weighted by Crippen LogP contribution is -2.21. The summed E-state index contributed by atoms with van der Waals surface area (Å²) in [7, 11) is 0. The van der Waals surface area contributed by atoms with E-state index in [0.717, 1.165) is 5.75 Å². The van der Waals surface area contributed by atoms with Crippen LogP contribution >= 0.6 is 0 Å². The van der Waals surface area contributed by atoms with Crippen molar-refractivity contribution in [3.8, 4) is 5.75 Å². The molecule has 0 fully saturated rings. The third-order valence-corrected chi connectivity index (χ3v) is 3.49. The number of amides is 2. The number of aryl methyl sites for hydroxylation is 1. The highest BCUT2D eigenvalue weighted by atomic mass is 16.5. The van der Waals surface area contributed by atoms with Crippen molar-refractivity contribution in [2.75, 3.05) is 23.8 Å². The number of esters is 1. The summed E-state index contributed by atoms with van der Waals surface area (Å²) in [5.74, 6) is 0.248. The Kier molecular flexibility index (Phi) is 8.01. The first-order chi connectivity index (χ1) is 13.5. The second-order valence-electron chi connectivity index (χ2n) is 5.89. The first kappa shape index (κ1) is 20.9. The number of ether oxygens (including phenoxy) is 2. The summed E-state index contributed by atoms with van der Waals surface area (Å²) >= 11 is 0. The van der Waals surface area contributed by atoms with Crippen LogP contribution in [0.3, 0.4) is 0 Å². The van der Waals surface area contributed by atoms with Crippen molar-refractivity contribution in [3.05, 3.63) is 36.1 Å². The number of carbonyl (C=O) groups is 3. The Bertz CT molecular complexity index is 800. The molecule has 0 bridgehead atoms. The average Bonchev–Trinajstić information content (AvgIpc) is 3.06. The average molecular weight is 389 g/mol. The Labute approximate surface area is 162 Å². The zero-order valence-electron chi connectivity index (χ0n) is 15.8. The normalized spacial score (nSPS) is 10.2. The number of benzene rings is 1. The van der Waals surface area contributed by atoms with E-state index in [2.05, 4.69) is 15.8 Å². The van der Waals surface area contributed by atoms with Crippen LogP contribution in [0.25, 0.3) is 0 Å². The zero-order chi connectivity index (χ0) is 20.4. The molecule has 9 nitrogen and oxygen atoms in total. The van der Waals surface area contributed by atoms with Gasteiger partial charge in [-0.2, -0.15) is 0 Å². The molecule has 2 amide bonds. The maximum atomic E-state index is 11.9. The highest BCUT2D eigenvalue weighted by Gasteiger charge is 2.11. The van der Waals surface area contributed by atoms with Gasteiger partial charge in [0, 0.05) is 24.6 Å². The van der Waals surface area contributed by atoms with Crippen molar-refractivity contribution >= 4 is 29.3 Å². The predicted octanol–water partition coefficient (Wildman–Crippen LogP) is 2.67. The molecule has 0 unspecified atom stereocenters. The molecule has 1 heterocycles. The van der Waals surface area contributed by atoms with Gasteiger partial charge in [0.2, 0.25) is 5.91 Å². The quantitative estimate of drug-likeness (QED) is 0.599. The fourth-order valence-corrected chi connectivity index (χ4v) is 2.24. The third-order valence-electron chi connectivity index (χ3n) is 3.49. The Balaban J connectivity index is 1.60. The molecule has 2 aromatic rings. The molecule has 1 aromatic heterocycles. The van der Waals surface area contributed by atoms with Crippen molar-refractivity contribution in [1.29, 1.82) is 0 Å². The first-order valence-electron chi connectivity index (χ1n) is 8.87. The Hall–Kier alpha value is -3.36. The van der Waals surface area contributed by atoms with Gasteiger partial charge in [0.05, 0.1) is 6.61 Å². The Morgan fingerprint density at radius 2 is 1.82 bits per heavy atom. The minimum Gasteiger partial charge on any atom is -0.494 e. The van der Waals surface area contributed by atoms with Crippen molar-refractivity contribution < 1.29 is 28.4 Å². The lowest BCUT2D eigenvalue weighted by molar-refractivity contribution is -0.147. The molecule has 0 saturated carbocycles. The molecule has 0 saturated heterocycles. The first-order valence-corrected chi connectivity index (χ1v) is 8.87. The number of carbonyl (C=O) groups excluding carboxylic acids is 3. The van der Waals surface area contributed by atoms with Crippen LogP contribution in [-0.2, 0) is 19.1 Å². The smallest absolute Gasteiger partial charge is 0.306 e. The molecule has 2 rings (SSSR count). The standard InChI is InChI=1S/C19H23N3O6/c1-3-26-15-9-7-14(8-10-15)20-17(23)5-4-6-19(25)27-12-18(24)21-16-11-13(2)28-22-16/h7-11H,3-6,12H2,1-2H3,(H,20,23)(H,21,22,24). The topological polar surface area (TPSA) is 120 Å². The van der Waals surface area contributed by atoms with Crippen molar-refractivity contribution in [3.63, 3.8) is 0 Å². The van der Waals surface area contributed by atoms with Crippen LogP contribution in [0.1, 0.15) is 31.9 Å². The summed E-state index contributed by atoms with van der Waals surface area (Å²) < 4.78 is 15.0. The summed E-state index contributed by atoms with van der Waals surface area (Å²) in [4.78, 5) is 35.2. The fourth-order valence-electron chi connectivity index (χ4n) is 2.24. The lowest BCUT2D eigenvalue weighted by Gasteiger charge is -2.07. The minimum atomic E-state index is -0.555. The molecular weight excluding hydrogens is 366 g/mol. The van der Waals surface area contributed by atoms with Crippen LogP contribution in [0.2, 0.25) is 0 Å². The van der Waals surface area contributed by atoms with E-state index in [1.54, 1.807) is 37.3 Å². The number of nitrogens with zero attached hydrogens (tertiary/aromatic N) is 1. The third kappa shape index (κ3) is 7.48. The van der Waals surface area contributed by atoms with Crippen LogP contribution in [0.4, 0.5) is 11.5 Å². The number of hydrogen-bond acceptors (Lipinski definition) is 7. The molecule has 0 aliphatic rings. The number of rotatable bonds is 10. The number of anilines is 2. The lowest BCUT2D eigenvalue weighted by atomic mass is 10.2. The summed E-state index contributed by atoms with van der Waals surface area (Å²) in [6, 6.07) is 8.56. The van der Waals surface area contributed by atoms with E-state index < -0.39 is 18.5 Å². The number of aromatic nitrogens is 1. The second kappa shape index (κ2) is 10.7. The van der Waals surface area contributed by atoms with Gasteiger partial charge in [-0.3, -0.25) is 14.4 Å². The molecule has 0 radical (unpaired) electrons. The van der Waals surface area contributed by atoms with Crippen molar-refractivity contribution in [2.24, 2.45) is 0 Å². The van der Waals surface area contributed by atoms with E-state index in [9.17, 15) is 14.4 Å². The highest BCUT2D eigenvalue weighted by Crippen LogP contribution is 2.16. The van der Waals surface area contributed by atoms with Gasteiger partial charge in [-0.15, -0.1) is 0 Å². The van der Waals surface area contributed by atoms with Gasteiger partial charge in [0.25, 0.3) is 5.91 Å². The maximum absolute atomic E-state index is 11.9. The van der Waals surface area contributed by atoms with Gasteiger partial charge in [-0.05, 0) is 44.5 Å². The van der Waals surface area contributed by atoms with Gasteiger partial charge >= 0.3 is 5.97 Å². The summed E-state index contributed by atoms with van der Waals surface area (Å²) in [5.41, 5.74) is 0.649. The van der Waals surface area contributed by atoms with E-state index in [4.69, 9.17) is 14.0 Å². The SMILES string of the molecule is CCOc1ccc(NC(=O)CCCC(=O)OCC(=O)Nc2cc(C)on2)cc1. The Morgan fingerprint density at radius 1 is 1.07 bits per heavy atom. The van der Waals surface area contributed by atoms with Crippen molar-refractivity contribution in [1.82, 2.24) is 5.16 Å². The van der Waals surface area contributed by atoms with Gasteiger partial charge < -0.3 is 24.6 Å².